The molecule has 36 heavy (non-hydrogen) atoms. The number of carbonyl (C=O) groups excluding carboxylic acids is 1. The number of nitrogens with zero attached hydrogens (tertiary/aromatic N) is 7. The number of aryl methyl sites for hydroxylation is 3. The van der Waals surface area contributed by atoms with Gasteiger partial charge < -0.3 is 9.47 Å². The second-order valence-corrected chi connectivity index (χ2v) is 10.9. The Kier molecular flexibility index (Phi) is 6.16. The maximum absolute atomic E-state index is 13.6. The molecule has 0 aliphatic carbocycles. The molecule has 8 heteroatoms. The number of hydrogen-bond acceptors (Lipinski definition) is 5. The molecule has 1 fully saturated rings. The van der Waals surface area contributed by atoms with E-state index in [1.165, 1.54) is 0 Å². The third kappa shape index (κ3) is 4.65. The molecule has 4 aromatic rings. The van der Waals surface area contributed by atoms with Gasteiger partial charge in [0, 0.05) is 92.9 Å². The smallest absolute Gasteiger partial charge is 0.254 e. The van der Waals surface area contributed by atoms with E-state index in [-0.39, 0.29) is 11.3 Å². The van der Waals surface area contributed by atoms with Gasteiger partial charge in [-0.25, -0.2) is 9.97 Å². The van der Waals surface area contributed by atoms with Crippen molar-refractivity contribution >= 4 is 16.8 Å². The maximum Gasteiger partial charge on any atom is 0.254 e. The summed E-state index contributed by atoms with van der Waals surface area (Å²) >= 11 is 0. The Morgan fingerprint density at radius 1 is 1.06 bits per heavy atom. The zero-order valence-electron chi connectivity index (χ0n) is 22.1. The highest BCUT2D eigenvalue weighted by Crippen LogP contribution is 2.32. The van der Waals surface area contributed by atoms with E-state index >= 15 is 0 Å². The predicted octanol–water partition coefficient (Wildman–Crippen LogP) is 3.93. The van der Waals surface area contributed by atoms with Crippen LogP contribution in [0.2, 0.25) is 0 Å². The van der Waals surface area contributed by atoms with Crippen LogP contribution < -0.4 is 0 Å². The molecule has 0 unspecified atom stereocenters. The van der Waals surface area contributed by atoms with Crippen molar-refractivity contribution in [3.63, 3.8) is 0 Å². The average molecular weight is 486 g/mol. The van der Waals surface area contributed by atoms with Crippen molar-refractivity contribution in [3.05, 3.63) is 65.5 Å². The Labute approximate surface area is 212 Å². The highest BCUT2D eigenvalue weighted by molar-refractivity contribution is 6.03. The van der Waals surface area contributed by atoms with Crippen LogP contribution in [0.1, 0.15) is 48.2 Å². The topological polar surface area (TPSA) is 72.1 Å². The fraction of sp³-hybridized carbons (Fsp3) is 0.429. The third-order valence-electron chi connectivity index (χ3n) is 6.98. The van der Waals surface area contributed by atoms with Crippen LogP contribution in [0.4, 0.5) is 0 Å². The molecule has 0 spiro atoms. The number of carbonyl (C=O) groups is 1. The van der Waals surface area contributed by atoms with Crippen LogP contribution >= 0.6 is 0 Å². The molecule has 0 atom stereocenters. The molecule has 0 radical (unpaired) electrons. The Morgan fingerprint density at radius 3 is 2.47 bits per heavy atom. The van der Waals surface area contributed by atoms with Gasteiger partial charge in [-0.15, -0.1) is 0 Å². The van der Waals surface area contributed by atoms with Crippen molar-refractivity contribution in [2.75, 3.05) is 26.2 Å². The number of benzene rings is 1. The molecule has 1 saturated heterocycles. The van der Waals surface area contributed by atoms with E-state index in [1.54, 1.807) is 0 Å². The van der Waals surface area contributed by atoms with Crippen molar-refractivity contribution < 1.29 is 4.79 Å². The summed E-state index contributed by atoms with van der Waals surface area (Å²) in [6, 6.07) is 8.18. The zero-order chi connectivity index (χ0) is 25.6. The largest absolute Gasteiger partial charge is 0.350 e. The first-order valence-corrected chi connectivity index (χ1v) is 12.5. The molecule has 1 amide bonds. The SMILES string of the molecule is Cc1cc2c(cc1C(=O)N1CCN(Cc3ccn(C)n3)CC1)c(-c1ccnc(C(C)(C)C)n1)cn2C. The van der Waals surface area contributed by atoms with Crippen LogP contribution in [0, 0.1) is 6.92 Å². The summed E-state index contributed by atoms with van der Waals surface area (Å²) < 4.78 is 3.94. The molecule has 1 aliphatic rings. The number of aromatic nitrogens is 5. The number of fused-ring (bicyclic) bond motifs is 1. The number of piperazine rings is 1. The second-order valence-electron chi connectivity index (χ2n) is 10.9. The minimum atomic E-state index is -0.142. The Hall–Kier alpha value is -3.52. The highest BCUT2D eigenvalue weighted by atomic mass is 16.2. The van der Waals surface area contributed by atoms with E-state index in [1.807, 2.05) is 49.1 Å². The molecule has 1 aromatic carbocycles. The maximum atomic E-state index is 13.6. The molecule has 0 bridgehead atoms. The average Bonchev–Trinajstić information content (AvgIpc) is 3.40. The van der Waals surface area contributed by atoms with Gasteiger partial charge in [-0.1, -0.05) is 20.8 Å². The van der Waals surface area contributed by atoms with E-state index in [4.69, 9.17) is 4.98 Å². The molecular formula is C28H35N7O. The Balaban J connectivity index is 1.40. The van der Waals surface area contributed by atoms with E-state index in [9.17, 15) is 4.79 Å². The van der Waals surface area contributed by atoms with Gasteiger partial charge in [0.1, 0.15) is 5.82 Å². The van der Waals surface area contributed by atoms with Gasteiger partial charge in [0.25, 0.3) is 5.91 Å². The minimum absolute atomic E-state index is 0.0970. The summed E-state index contributed by atoms with van der Waals surface area (Å²) in [5.74, 6) is 0.906. The van der Waals surface area contributed by atoms with Crippen LogP contribution in [0.15, 0.2) is 42.9 Å². The van der Waals surface area contributed by atoms with Gasteiger partial charge in [-0.05, 0) is 36.8 Å². The molecule has 4 heterocycles. The molecule has 5 rings (SSSR count). The van der Waals surface area contributed by atoms with Crippen LogP contribution in [-0.4, -0.2) is 66.2 Å². The van der Waals surface area contributed by atoms with Gasteiger partial charge >= 0.3 is 0 Å². The lowest BCUT2D eigenvalue weighted by Gasteiger charge is -2.34. The Bertz CT molecular complexity index is 1420. The number of amides is 1. The monoisotopic (exact) mass is 485 g/mol. The molecule has 0 saturated carbocycles. The second kappa shape index (κ2) is 9.17. The van der Waals surface area contributed by atoms with Crippen molar-refractivity contribution in [2.24, 2.45) is 14.1 Å². The molecule has 3 aromatic heterocycles. The van der Waals surface area contributed by atoms with Gasteiger partial charge in [0.15, 0.2) is 0 Å². The van der Waals surface area contributed by atoms with Gasteiger partial charge in [0.2, 0.25) is 0 Å². The van der Waals surface area contributed by atoms with Crippen molar-refractivity contribution in [1.29, 1.82) is 0 Å². The first kappa shape index (κ1) is 24.2. The predicted molar refractivity (Wildman–Crippen MR) is 142 cm³/mol. The lowest BCUT2D eigenvalue weighted by atomic mass is 9.95. The fourth-order valence-electron chi connectivity index (χ4n) is 4.89. The molecular weight excluding hydrogens is 450 g/mol. The van der Waals surface area contributed by atoms with Gasteiger partial charge in [-0.3, -0.25) is 14.4 Å². The van der Waals surface area contributed by atoms with Gasteiger partial charge in [0.05, 0.1) is 11.4 Å². The minimum Gasteiger partial charge on any atom is -0.350 e. The van der Waals surface area contributed by atoms with Gasteiger partial charge in [-0.2, -0.15) is 5.10 Å². The van der Waals surface area contributed by atoms with Crippen LogP contribution in [0.25, 0.3) is 22.2 Å². The quantitative estimate of drug-likeness (QED) is 0.438. The summed E-state index contributed by atoms with van der Waals surface area (Å²) in [6.07, 6.45) is 5.90. The fourth-order valence-corrected chi connectivity index (χ4v) is 4.89. The highest BCUT2D eigenvalue weighted by Gasteiger charge is 2.25. The van der Waals surface area contributed by atoms with E-state index in [0.29, 0.717) is 13.1 Å². The molecule has 0 N–H and O–H groups in total. The van der Waals surface area contributed by atoms with Crippen LogP contribution in [0.3, 0.4) is 0 Å². The van der Waals surface area contributed by atoms with Crippen molar-refractivity contribution in [2.45, 2.75) is 39.7 Å². The molecule has 8 nitrogen and oxygen atoms in total. The van der Waals surface area contributed by atoms with Crippen molar-refractivity contribution in [1.82, 2.24) is 34.1 Å². The van der Waals surface area contributed by atoms with E-state index in [0.717, 1.165) is 64.4 Å². The standard InChI is InChI=1S/C28H35N7O/c1-19-15-25-22(23(18-32(25)5)24-7-9-29-27(30-24)28(2,3)4)16-21(19)26(36)35-13-11-34(12-14-35)17-20-8-10-33(6)31-20/h7-10,15-16,18H,11-14,17H2,1-6H3. The molecule has 1 aliphatic heterocycles. The van der Waals surface area contributed by atoms with E-state index in [2.05, 4.69) is 64.7 Å². The first-order valence-electron chi connectivity index (χ1n) is 12.5. The summed E-state index contributed by atoms with van der Waals surface area (Å²) in [5, 5.41) is 5.52. The number of rotatable bonds is 4. The lowest BCUT2D eigenvalue weighted by molar-refractivity contribution is 0.0626. The summed E-state index contributed by atoms with van der Waals surface area (Å²) in [6.45, 7) is 12.3. The summed E-state index contributed by atoms with van der Waals surface area (Å²) in [4.78, 5) is 27.3. The third-order valence-corrected chi connectivity index (χ3v) is 6.98. The van der Waals surface area contributed by atoms with Crippen LogP contribution in [-0.2, 0) is 26.1 Å². The lowest BCUT2D eigenvalue weighted by Crippen LogP contribution is -2.48. The zero-order valence-corrected chi connectivity index (χ0v) is 22.1. The van der Waals surface area contributed by atoms with Crippen molar-refractivity contribution in [3.8, 4) is 11.3 Å². The van der Waals surface area contributed by atoms with E-state index < -0.39 is 0 Å². The Morgan fingerprint density at radius 2 is 1.81 bits per heavy atom. The summed E-state index contributed by atoms with van der Waals surface area (Å²) in [7, 11) is 3.98. The number of hydrogen-bond donors (Lipinski definition) is 0. The van der Waals surface area contributed by atoms with Crippen LogP contribution in [0.5, 0.6) is 0 Å². The molecule has 188 valence electrons. The normalized spacial score (nSPS) is 15.1. The summed E-state index contributed by atoms with van der Waals surface area (Å²) in [5.41, 5.74) is 5.68. The first-order chi connectivity index (χ1) is 17.1.